The lowest BCUT2D eigenvalue weighted by atomic mass is 10.1. The van der Waals surface area contributed by atoms with E-state index in [-0.39, 0.29) is 17.5 Å². The van der Waals surface area contributed by atoms with Gasteiger partial charge in [-0.05, 0) is 61.7 Å². The lowest BCUT2D eigenvalue weighted by Gasteiger charge is -2.19. The average Bonchev–Trinajstić information content (AvgIpc) is 2.67. The van der Waals surface area contributed by atoms with E-state index >= 15 is 0 Å². The predicted octanol–water partition coefficient (Wildman–Crippen LogP) is 2.59. The van der Waals surface area contributed by atoms with Crippen LogP contribution in [0.15, 0.2) is 53.4 Å². The Balaban J connectivity index is 1.85. The number of amides is 1. The number of halogens is 1. The second-order valence-corrected chi connectivity index (χ2v) is 8.62. The summed E-state index contributed by atoms with van der Waals surface area (Å²) in [5.41, 5.74) is 1.12. The highest BCUT2D eigenvalue weighted by atomic mass is 32.2. The van der Waals surface area contributed by atoms with Crippen LogP contribution in [-0.4, -0.2) is 45.4 Å². The van der Waals surface area contributed by atoms with E-state index < -0.39 is 21.7 Å². The van der Waals surface area contributed by atoms with Gasteiger partial charge in [0.25, 0.3) is 0 Å². The molecule has 0 fully saturated rings. The molecule has 6 nitrogen and oxygen atoms in total. The highest BCUT2D eigenvalue weighted by Crippen LogP contribution is 2.15. The molecule has 0 radical (unpaired) electrons. The van der Waals surface area contributed by atoms with Crippen molar-refractivity contribution in [2.45, 2.75) is 30.7 Å². The van der Waals surface area contributed by atoms with Crippen molar-refractivity contribution in [1.29, 1.82) is 0 Å². The minimum Gasteiger partial charge on any atom is -0.497 e. The van der Waals surface area contributed by atoms with E-state index in [0.29, 0.717) is 6.42 Å². The van der Waals surface area contributed by atoms with Crippen LogP contribution in [0.25, 0.3) is 0 Å². The van der Waals surface area contributed by atoms with Crippen LogP contribution in [0, 0.1) is 5.82 Å². The van der Waals surface area contributed by atoms with Crippen molar-refractivity contribution in [3.05, 3.63) is 59.9 Å². The topological polar surface area (TPSA) is 75.7 Å². The van der Waals surface area contributed by atoms with Gasteiger partial charge in [0, 0.05) is 13.1 Å². The van der Waals surface area contributed by atoms with Crippen LogP contribution in [0.4, 0.5) is 4.39 Å². The van der Waals surface area contributed by atoms with Gasteiger partial charge < -0.3 is 10.1 Å². The fourth-order valence-corrected chi connectivity index (χ4v) is 3.77. The van der Waals surface area contributed by atoms with Crippen molar-refractivity contribution in [3.63, 3.8) is 0 Å². The summed E-state index contributed by atoms with van der Waals surface area (Å²) >= 11 is 0. The number of likely N-dealkylation sites (N-methyl/N-ethyl adjacent to an activating group) is 1. The van der Waals surface area contributed by atoms with Crippen molar-refractivity contribution in [2.24, 2.45) is 0 Å². The van der Waals surface area contributed by atoms with Gasteiger partial charge in [-0.1, -0.05) is 12.1 Å². The van der Waals surface area contributed by atoms with Gasteiger partial charge >= 0.3 is 0 Å². The molecule has 0 bridgehead atoms. The second kappa shape index (κ2) is 9.66. The van der Waals surface area contributed by atoms with Crippen LogP contribution in [-0.2, 0) is 21.2 Å². The summed E-state index contributed by atoms with van der Waals surface area (Å²) in [6.07, 6.45) is 1.49. The van der Waals surface area contributed by atoms with Gasteiger partial charge in [-0.15, -0.1) is 0 Å². The number of methoxy groups -OCH3 is 1. The van der Waals surface area contributed by atoms with Gasteiger partial charge in [-0.3, -0.25) is 4.79 Å². The van der Waals surface area contributed by atoms with Gasteiger partial charge in [0.05, 0.1) is 18.6 Å². The Morgan fingerprint density at radius 2 is 1.75 bits per heavy atom. The van der Waals surface area contributed by atoms with Gasteiger partial charge in [0.15, 0.2) is 0 Å². The zero-order chi connectivity index (χ0) is 20.7. The lowest BCUT2D eigenvalue weighted by molar-refractivity contribution is -0.121. The number of carbonyl (C=O) groups is 1. The Labute approximate surface area is 165 Å². The molecule has 152 valence electrons. The highest BCUT2D eigenvalue weighted by Gasteiger charge is 2.23. The molecule has 8 heteroatoms. The first kappa shape index (κ1) is 21.8. The Morgan fingerprint density at radius 3 is 2.32 bits per heavy atom. The third-order valence-electron chi connectivity index (χ3n) is 4.32. The van der Waals surface area contributed by atoms with Crippen LogP contribution in [0.5, 0.6) is 5.75 Å². The minimum atomic E-state index is -3.85. The smallest absolute Gasteiger partial charge is 0.243 e. The second-order valence-electron chi connectivity index (χ2n) is 6.57. The Kier molecular flexibility index (Phi) is 7.53. The van der Waals surface area contributed by atoms with E-state index in [1.807, 2.05) is 31.2 Å². The number of carbonyl (C=O) groups excluding carboxylic acids is 1. The quantitative estimate of drug-likeness (QED) is 0.692. The fourth-order valence-electron chi connectivity index (χ4n) is 2.64. The number of nitrogens with one attached hydrogen (secondary N) is 1. The van der Waals surface area contributed by atoms with Crippen molar-refractivity contribution >= 4 is 15.9 Å². The van der Waals surface area contributed by atoms with E-state index in [1.54, 1.807) is 7.11 Å². The van der Waals surface area contributed by atoms with Crippen LogP contribution in [0.1, 0.15) is 18.9 Å². The summed E-state index contributed by atoms with van der Waals surface area (Å²) in [6, 6.07) is 12.1. The minimum absolute atomic E-state index is 0.0586. The molecule has 28 heavy (non-hydrogen) atoms. The Bertz CT molecular complexity index is 883. The third-order valence-corrected chi connectivity index (χ3v) is 6.14. The van der Waals surface area contributed by atoms with Crippen molar-refractivity contribution in [3.8, 4) is 5.75 Å². The molecular formula is C20H25FN2O4S. The summed E-state index contributed by atoms with van der Waals surface area (Å²) in [6.45, 7) is 1.56. The molecule has 0 heterocycles. The summed E-state index contributed by atoms with van der Waals surface area (Å²) in [7, 11) is -0.924. The monoisotopic (exact) mass is 408 g/mol. The molecule has 0 aromatic heterocycles. The maximum atomic E-state index is 13.0. The fraction of sp³-hybridized carbons (Fsp3) is 0.350. The van der Waals surface area contributed by atoms with E-state index in [1.165, 1.54) is 19.2 Å². The molecule has 1 N–H and O–H groups in total. The normalized spacial score (nSPS) is 12.6. The molecule has 2 aromatic rings. The first-order valence-corrected chi connectivity index (χ1v) is 10.3. The van der Waals surface area contributed by atoms with Crippen LogP contribution in [0.2, 0.25) is 0 Å². The molecule has 0 aliphatic rings. The Hall–Kier alpha value is -2.45. The number of hydrogen-bond donors (Lipinski definition) is 1. The summed E-state index contributed by atoms with van der Waals surface area (Å²) in [5, 5.41) is 2.81. The predicted molar refractivity (Wildman–Crippen MR) is 105 cm³/mol. The largest absolute Gasteiger partial charge is 0.497 e. The van der Waals surface area contributed by atoms with Gasteiger partial charge in [-0.2, -0.15) is 4.31 Å². The van der Waals surface area contributed by atoms with E-state index in [0.717, 1.165) is 34.2 Å². The third kappa shape index (κ3) is 6.03. The molecule has 1 amide bonds. The van der Waals surface area contributed by atoms with Crippen molar-refractivity contribution < 1.29 is 22.3 Å². The van der Waals surface area contributed by atoms with Gasteiger partial charge in [0.2, 0.25) is 15.9 Å². The lowest BCUT2D eigenvalue weighted by Crippen LogP contribution is -2.41. The van der Waals surface area contributed by atoms with Crippen molar-refractivity contribution in [2.75, 3.05) is 20.7 Å². The number of aryl methyl sites for hydroxylation is 1. The van der Waals surface area contributed by atoms with Crippen LogP contribution >= 0.6 is 0 Å². The van der Waals surface area contributed by atoms with Gasteiger partial charge in [0.1, 0.15) is 11.6 Å². The molecular weight excluding hydrogens is 383 g/mol. The summed E-state index contributed by atoms with van der Waals surface area (Å²) < 4.78 is 43.9. The molecule has 1 atom stereocenters. The highest BCUT2D eigenvalue weighted by molar-refractivity contribution is 7.89. The first-order chi connectivity index (χ1) is 13.2. The molecule has 0 aliphatic heterocycles. The maximum Gasteiger partial charge on any atom is 0.243 e. The number of rotatable bonds is 9. The number of ether oxygens (including phenoxy) is 1. The molecule has 0 aliphatic carbocycles. The molecule has 2 aromatic carbocycles. The zero-order valence-electron chi connectivity index (χ0n) is 16.2. The van der Waals surface area contributed by atoms with E-state index in [2.05, 4.69) is 5.32 Å². The first-order valence-electron chi connectivity index (χ1n) is 8.86. The SMILES string of the molecule is COc1ccc(CCC(C)NC(=O)CN(C)S(=O)(=O)c2ccc(F)cc2)cc1. The maximum absolute atomic E-state index is 13.0. The summed E-state index contributed by atoms with van der Waals surface area (Å²) in [5.74, 6) is -0.129. The summed E-state index contributed by atoms with van der Waals surface area (Å²) in [4.78, 5) is 12.1. The van der Waals surface area contributed by atoms with Gasteiger partial charge in [-0.25, -0.2) is 12.8 Å². The van der Waals surface area contributed by atoms with E-state index in [9.17, 15) is 17.6 Å². The molecule has 1 unspecified atom stereocenters. The number of hydrogen-bond acceptors (Lipinski definition) is 4. The van der Waals surface area contributed by atoms with Crippen LogP contribution in [0.3, 0.4) is 0 Å². The number of nitrogens with zero attached hydrogens (tertiary/aromatic N) is 1. The standard InChI is InChI=1S/C20H25FN2O4S/c1-15(4-5-16-6-10-18(27-3)11-7-16)22-20(24)14-23(2)28(25,26)19-12-8-17(21)9-13-19/h6-13,15H,4-5,14H2,1-3H3,(H,22,24). The Morgan fingerprint density at radius 1 is 1.14 bits per heavy atom. The molecule has 2 rings (SSSR count). The van der Waals surface area contributed by atoms with Crippen LogP contribution < -0.4 is 10.1 Å². The van der Waals surface area contributed by atoms with Crippen molar-refractivity contribution in [1.82, 2.24) is 9.62 Å². The molecule has 0 saturated heterocycles. The van der Waals surface area contributed by atoms with E-state index in [4.69, 9.17) is 4.74 Å². The average molecular weight is 408 g/mol. The molecule has 0 spiro atoms. The molecule has 0 saturated carbocycles. The number of benzene rings is 2. The number of sulfonamides is 1. The zero-order valence-corrected chi connectivity index (χ0v) is 17.0.